The number of hydrogen-bond donors (Lipinski definition) is 1. The van der Waals surface area contributed by atoms with Crippen LogP contribution >= 0.6 is 15.9 Å². The van der Waals surface area contributed by atoms with Crippen LogP contribution in [-0.4, -0.2) is 45.0 Å². The van der Waals surface area contributed by atoms with E-state index in [-0.39, 0.29) is 18.5 Å². The van der Waals surface area contributed by atoms with Gasteiger partial charge in [0.1, 0.15) is 11.9 Å². The zero-order chi connectivity index (χ0) is 18.6. The number of rotatable bonds is 2. The fraction of sp³-hybridized carbons (Fsp3) is 0.294. The first-order valence-electron chi connectivity index (χ1n) is 7.94. The number of halogens is 2. The number of nitrogens with one attached hydrogen (secondary N) is 1. The minimum absolute atomic E-state index is 0.147. The molecule has 2 atom stereocenters. The predicted octanol–water partition coefficient (Wildman–Crippen LogP) is 0.830. The van der Waals surface area contributed by atoms with Crippen LogP contribution < -0.4 is 5.32 Å². The third-order valence-corrected chi connectivity index (χ3v) is 5.43. The zero-order valence-electron chi connectivity index (χ0n) is 13.4. The third kappa shape index (κ3) is 2.23. The molecule has 2 fully saturated rings. The van der Waals surface area contributed by atoms with Gasteiger partial charge in [0.25, 0.3) is 17.7 Å². The van der Waals surface area contributed by atoms with Crippen molar-refractivity contribution < 1.29 is 23.6 Å². The van der Waals surface area contributed by atoms with Gasteiger partial charge in [0.05, 0.1) is 13.0 Å². The standard InChI is InChI=1S/C17H13BrFN3O4/c18-10-4-3-9(11(19)6-10)8-21-14(24)12-2-1-5-22(12)17(16(21)26)7-13(23)20-15(17)25/h1,3-6,12H,2,7-8H2,(H,20,23,25)/t12?,17-/m1/s1. The van der Waals surface area contributed by atoms with Crippen LogP contribution in [0.3, 0.4) is 0 Å². The summed E-state index contributed by atoms with van der Waals surface area (Å²) in [6.07, 6.45) is 3.14. The van der Waals surface area contributed by atoms with E-state index < -0.39 is 41.0 Å². The molecule has 1 spiro atoms. The lowest BCUT2D eigenvalue weighted by atomic mass is 9.88. The molecule has 1 aromatic carbocycles. The Morgan fingerprint density at radius 2 is 2.04 bits per heavy atom. The number of hydrogen-bond acceptors (Lipinski definition) is 5. The molecule has 7 nitrogen and oxygen atoms in total. The third-order valence-electron chi connectivity index (χ3n) is 4.94. The maximum Gasteiger partial charge on any atom is 0.265 e. The van der Waals surface area contributed by atoms with Crippen molar-refractivity contribution in [2.24, 2.45) is 0 Å². The molecule has 4 rings (SSSR count). The Labute approximate surface area is 155 Å². The van der Waals surface area contributed by atoms with Gasteiger partial charge in [-0.1, -0.05) is 28.1 Å². The van der Waals surface area contributed by atoms with Crippen LogP contribution in [0, 0.1) is 5.82 Å². The topological polar surface area (TPSA) is 86.8 Å². The normalized spacial score (nSPS) is 27.5. The molecule has 4 amide bonds. The van der Waals surface area contributed by atoms with Crippen LogP contribution in [0.5, 0.6) is 0 Å². The molecule has 3 heterocycles. The van der Waals surface area contributed by atoms with Crippen molar-refractivity contribution in [1.29, 1.82) is 0 Å². The van der Waals surface area contributed by atoms with Gasteiger partial charge in [0, 0.05) is 10.0 Å². The van der Waals surface area contributed by atoms with Crippen LogP contribution in [0.4, 0.5) is 4.39 Å². The first-order valence-corrected chi connectivity index (χ1v) is 8.73. The van der Waals surface area contributed by atoms with Gasteiger partial charge in [-0.05, 0) is 24.8 Å². The summed E-state index contributed by atoms with van der Waals surface area (Å²) in [7, 11) is 0. The van der Waals surface area contributed by atoms with Gasteiger partial charge >= 0.3 is 0 Å². The Balaban J connectivity index is 1.76. The summed E-state index contributed by atoms with van der Waals surface area (Å²) in [6, 6.07) is 3.54. The fourth-order valence-electron chi connectivity index (χ4n) is 3.69. The summed E-state index contributed by atoms with van der Waals surface area (Å²) in [4.78, 5) is 52.5. The van der Waals surface area contributed by atoms with Crippen molar-refractivity contribution in [3.63, 3.8) is 0 Å². The first kappa shape index (κ1) is 16.9. The summed E-state index contributed by atoms with van der Waals surface area (Å²) in [5.74, 6) is -3.23. The van der Waals surface area contributed by atoms with E-state index in [0.717, 1.165) is 4.90 Å². The number of amides is 4. The molecule has 1 aromatic rings. The molecule has 26 heavy (non-hydrogen) atoms. The van der Waals surface area contributed by atoms with Crippen molar-refractivity contribution in [2.75, 3.05) is 0 Å². The second-order valence-corrected chi connectivity index (χ2v) is 7.34. The number of benzene rings is 1. The summed E-state index contributed by atoms with van der Waals surface area (Å²) >= 11 is 3.15. The van der Waals surface area contributed by atoms with E-state index in [2.05, 4.69) is 21.2 Å². The molecular formula is C17H13BrFN3O4. The van der Waals surface area contributed by atoms with E-state index in [0.29, 0.717) is 10.9 Å². The summed E-state index contributed by atoms with van der Waals surface area (Å²) in [5, 5.41) is 2.15. The lowest BCUT2D eigenvalue weighted by Crippen LogP contribution is -2.71. The van der Waals surface area contributed by atoms with Crippen molar-refractivity contribution in [2.45, 2.75) is 31.0 Å². The highest BCUT2D eigenvalue weighted by molar-refractivity contribution is 9.10. The van der Waals surface area contributed by atoms with E-state index in [1.54, 1.807) is 12.1 Å². The highest BCUT2D eigenvalue weighted by Crippen LogP contribution is 2.39. The van der Waals surface area contributed by atoms with E-state index in [1.165, 1.54) is 23.2 Å². The van der Waals surface area contributed by atoms with E-state index in [4.69, 9.17) is 0 Å². The average Bonchev–Trinajstić information content (AvgIpc) is 3.17. The smallest absolute Gasteiger partial charge is 0.265 e. The molecule has 0 radical (unpaired) electrons. The van der Waals surface area contributed by atoms with Crippen molar-refractivity contribution >= 4 is 39.6 Å². The van der Waals surface area contributed by atoms with Crippen molar-refractivity contribution in [1.82, 2.24) is 15.1 Å². The second-order valence-electron chi connectivity index (χ2n) is 6.42. The van der Waals surface area contributed by atoms with Gasteiger partial charge in [-0.2, -0.15) is 0 Å². The van der Waals surface area contributed by atoms with Crippen LogP contribution in [0.15, 0.2) is 34.9 Å². The minimum Gasteiger partial charge on any atom is -0.343 e. The van der Waals surface area contributed by atoms with E-state index in [1.807, 2.05) is 0 Å². The lowest BCUT2D eigenvalue weighted by molar-refractivity contribution is -0.168. The van der Waals surface area contributed by atoms with Gasteiger partial charge in [0.2, 0.25) is 11.4 Å². The Hall–Kier alpha value is -2.55. The quantitative estimate of drug-likeness (QED) is 0.564. The van der Waals surface area contributed by atoms with Gasteiger partial charge in [-0.3, -0.25) is 29.4 Å². The average molecular weight is 422 g/mol. The molecule has 1 N–H and O–H groups in total. The molecule has 0 aromatic heterocycles. The fourth-order valence-corrected chi connectivity index (χ4v) is 4.02. The molecule has 0 bridgehead atoms. The van der Waals surface area contributed by atoms with Crippen molar-refractivity contribution in [3.05, 3.63) is 46.3 Å². The molecule has 0 saturated carbocycles. The van der Waals surface area contributed by atoms with Gasteiger partial charge in [-0.15, -0.1) is 0 Å². The van der Waals surface area contributed by atoms with Crippen LogP contribution in [0.1, 0.15) is 18.4 Å². The van der Waals surface area contributed by atoms with Crippen molar-refractivity contribution in [3.8, 4) is 0 Å². The molecule has 2 saturated heterocycles. The zero-order valence-corrected chi connectivity index (χ0v) is 15.0. The highest BCUT2D eigenvalue weighted by atomic mass is 79.9. The highest BCUT2D eigenvalue weighted by Gasteiger charge is 2.64. The number of fused-ring (bicyclic) bond motifs is 2. The molecule has 0 aliphatic carbocycles. The summed E-state index contributed by atoms with van der Waals surface area (Å²) in [5.41, 5.74) is -1.64. The molecule has 3 aliphatic rings. The maximum absolute atomic E-state index is 14.2. The number of imide groups is 2. The van der Waals surface area contributed by atoms with Crippen LogP contribution in [0.2, 0.25) is 0 Å². The first-order chi connectivity index (χ1) is 12.3. The summed E-state index contributed by atoms with van der Waals surface area (Å²) in [6.45, 7) is -0.301. The second kappa shape index (κ2) is 5.73. The van der Waals surface area contributed by atoms with Gasteiger partial charge in [-0.25, -0.2) is 4.39 Å². The minimum atomic E-state index is -1.78. The largest absolute Gasteiger partial charge is 0.343 e. The van der Waals surface area contributed by atoms with Gasteiger partial charge in [0.15, 0.2) is 0 Å². The predicted molar refractivity (Wildman–Crippen MR) is 89.5 cm³/mol. The molecule has 1 unspecified atom stereocenters. The number of carbonyl (C=O) groups is 4. The Morgan fingerprint density at radius 1 is 1.27 bits per heavy atom. The monoisotopic (exact) mass is 421 g/mol. The summed E-state index contributed by atoms with van der Waals surface area (Å²) < 4.78 is 14.7. The van der Waals surface area contributed by atoms with Crippen LogP contribution in [-0.2, 0) is 25.7 Å². The molecular weight excluding hydrogens is 409 g/mol. The Kier molecular flexibility index (Phi) is 3.72. The molecule has 134 valence electrons. The van der Waals surface area contributed by atoms with Crippen LogP contribution in [0.25, 0.3) is 0 Å². The van der Waals surface area contributed by atoms with E-state index in [9.17, 15) is 23.6 Å². The number of piperazine rings is 1. The molecule has 9 heteroatoms. The van der Waals surface area contributed by atoms with E-state index >= 15 is 0 Å². The Morgan fingerprint density at radius 3 is 2.69 bits per heavy atom. The lowest BCUT2D eigenvalue weighted by Gasteiger charge is -2.46. The van der Waals surface area contributed by atoms with Gasteiger partial charge < -0.3 is 4.90 Å². The SMILES string of the molecule is O=C1C[C@@]2(C(=O)N1)C(=O)N(Cc1ccc(Br)cc1F)C(=O)C1CC=CN12. The number of nitrogens with zero attached hydrogens (tertiary/aromatic N) is 2. The molecule has 3 aliphatic heterocycles. The number of carbonyl (C=O) groups excluding carboxylic acids is 4. The maximum atomic E-state index is 14.2. The Bertz CT molecular complexity index is 902.